The number of rotatable bonds is 10. The Hall–Kier alpha value is -8.22. The van der Waals surface area contributed by atoms with Crippen molar-refractivity contribution in [2.75, 3.05) is 0 Å². The monoisotopic (exact) mass is 735 g/mol. The van der Waals surface area contributed by atoms with Crippen LogP contribution < -0.4 is 5.73 Å². The molecule has 9 heteroatoms. The zero-order valence-electron chi connectivity index (χ0n) is 30.6. The summed E-state index contributed by atoms with van der Waals surface area (Å²) in [6, 6.07) is 47.5. The first kappa shape index (κ1) is 35.8. The zero-order chi connectivity index (χ0) is 39.0. The molecule has 2 N–H and O–H groups in total. The first-order valence-corrected chi connectivity index (χ1v) is 18.1. The van der Waals surface area contributed by atoms with Gasteiger partial charge in [-0.15, -0.1) is 0 Å². The van der Waals surface area contributed by atoms with E-state index in [1.54, 1.807) is 30.6 Å². The Morgan fingerprint density at radius 1 is 0.509 bits per heavy atom. The standard InChI is InChI=1S/C48H33N9/c1-2-11-32(22-25-49)43-52-44(33-12-5-3-6-13-33)56-48(54-43)40-19-10-17-38(29-40)42-30-37(20-21-41(42)31-50)36-16-9-18-39(28-36)47-55-45(34-14-7-4-8-15-34)53-46(57-47)35-23-26-51-27-24-35/h2-30H,1,49H2/b25-22-,32-11+. The molecular formula is C48H33N9. The fourth-order valence-corrected chi connectivity index (χ4v) is 6.36. The van der Waals surface area contributed by atoms with E-state index in [0.717, 1.165) is 50.1 Å². The van der Waals surface area contributed by atoms with Gasteiger partial charge in [0.25, 0.3) is 0 Å². The third kappa shape index (κ3) is 7.87. The van der Waals surface area contributed by atoms with E-state index in [2.05, 4.69) is 23.7 Å². The van der Waals surface area contributed by atoms with E-state index in [1.807, 2.05) is 133 Å². The second-order valence-electron chi connectivity index (χ2n) is 12.8. The van der Waals surface area contributed by atoms with Gasteiger partial charge in [0.1, 0.15) is 0 Å². The summed E-state index contributed by atoms with van der Waals surface area (Å²) in [6.07, 6.45) is 10.1. The number of benzene rings is 5. The topological polar surface area (TPSA) is 140 Å². The number of pyridine rings is 1. The van der Waals surface area contributed by atoms with Crippen molar-refractivity contribution in [3.8, 4) is 85.3 Å². The molecule has 8 rings (SSSR count). The molecule has 0 saturated carbocycles. The van der Waals surface area contributed by atoms with E-state index in [1.165, 1.54) is 6.20 Å². The molecule has 8 aromatic rings. The summed E-state index contributed by atoms with van der Waals surface area (Å²) in [7, 11) is 0. The van der Waals surface area contributed by atoms with Gasteiger partial charge in [-0.25, -0.2) is 29.9 Å². The van der Waals surface area contributed by atoms with Gasteiger partial charge in [-0.2, -0.15) is 5.26 Å². The minimum Gasteiger partial charge on any atom is -0.405 e. The molecule has 57 heavy (non-hydrogen) atoms. The number of nitriles is 1. The molecule has 0 unspecified atom stereocenters. The molecule has 0 bridgehead atoms. The lowest BCUT2D eigenvalue weighted by Crippen LogP contribution is -2.02. The quantitative estimate of drug-likeness (QED) is 0.136. The Labute approximate surface area is 330 Å². The Kier molecular flexibility index (Phi) is 10.3. The maximum Gasteiger partial charge on any atom is 0.164 e. The molecule has 270 valence electrons. The van der Waals surface area contributed by atoms with Gasteiger partial charge in [0, 0.05) is 51.3 Å². The van der Waals surface area contributed by atoms with Crippen molar-refractivity contribution in [2.24, 2.45) is 5.73 Å². The van der Waals surface area contributed by atoms with Gasteiger partial charge in [0.2, 0.25) is 0 Å². The lowest BCUT2D eigenvalue weighted by molar-refractivity contribution is 1.04. The molecule has 0 radical (unpaired) electrons. The summed E-state index contributed by atoms with van der Waals surface area (Å²) in [4.78, 5) is 33.3. The van der Waals surface area contributed by atoms with Crippen LogP contribution in [-0.4, -0.2) is 34.9 Å². The van der Waals surface area contributed by atoms with Crippen molar-refractivity contribution in [3.05, 3.63) is 194 Å². The van der Waals surface area contributed by atoms with Gasteiger partial charge in [0.05, 0.1) is 11.6 Å². The molecule has 0 saturated heterocycles. The minimum absolute atomic E-state index is 0.451. The normalized spacial score (nSPS) is 11.3. The molecule has 0 aliphatic rings. The summed E-state index contributed by atoms with van der Waals surface area (Å²) in [5.74, 6) is 3.11. The number of hydrogen-bond acceptors (Lipinski definition) is 9. The Balaban J connectivity index is 1.20. The van der Waals surface area contributed by atoms with Crippen molar-refractivity contribution < 1.29 is 0 Å². The zero-order valence-corrected chi connectivity index (χ0v) is 30.6. The lowest BCUT2D eigenvalue weighted by atomic mass is 9.93. The molecule has 5 aromatic carbocycles. The molecule has 0 aliphatic heterocycles. The fraction of sp³-hybridized carbons (Fsp3) is 0. The minimum atomic E-state index is 0.451. The summed E-state index contributed by atoms with van der Waals surface area (Å²) in [5.41, 5.74) is 14.6. The predicted octanol–water partition coefficient (Wildman–Crippen LogP) is 10.0. The van der Waals surface area contributed by atoms with Crippen LogP contribution in [0.5, 0.6) is 0 Å². The first-order valence-electron chi connectivity index (χ1n) is 18.1. The molecule has 3 heterocycles. The molecule has 0 aliphatic carbocycles. The molecule has 9 nitrogen and oxygen atoms in total. The molecular weight excluding hydrogens is 703 g/mol. The van der Waals surface area contributed by atoms with Crippen molar-refractivity contribution in [1.29, 1.82) is 5.26 Å². The van der Waals surface area contributed by atoms with Crippen LogP contribution in [0.2, 0.25) is 0 Å². The number of nitrogens with zero attached hydrogens (tertiary/aromatic N) is 8. The number of nitrogens with two attached hydrogens (primary N) is 1. The molecule has 0 spiro atoms. The SMILES string of the molecule is C=C/C=C(\C=C/N)c1nc(-c2ccccc2)nc(-c2cccc(-c3cc(-c4cccc(-c5nc(-c6ccccc6)nc(-c6ccncc6)n5)c4)ccc3C#N)c2)n1. The van der Waals surface area contributed by atoms with Gasteiger partial charge in [-0.05, 0) is 65.4 Å². The third-order valence-corrected chi connectivity index (χ3v) is 9.13. The highest BCUT2D eigenvalue weighted by atomic mass is 15.0. The van der Waals surface area contributed by atoms with Crippen LogP contribution in [0.3, 0.4) is 0 Å². The number of allylic oxidation sites excluding steroid dienone is 4. The van der Waals surface area contributed by atoms with E-state index in [4.69, 9.17) is 35.6 Å². The summed E-state index contributed by atoms with van der Waals surface area (Å²) in [5, 5.41) is 10.3. The first-order chi connectivity index (χ1) is 28.1. The average molecular weight is 736 g/mol. The number of aromatic nitrogens is 7. The van der Waals surface area contributed by atoms with Gasteiger partial charge in [-0.3, -0.25) is 4.98 Å². The maximum absolute atomic E-state index is 10.3. The molecule has 0 amide bonds. The highest BCUT2D eigenvalue weighted by Crippen LogP contribution is 2.34. The molecule has 3 aromatic heterocycles. The van der Waals surface area contributed by atoms with Crippen LogP contribution in [0.1, 0.15) is 11.4 Å². The second-order valence-corrected chi connectivity index (χ2v) is 12.8. The van der Waals surface area contributed by atoms with Crippen molar-refractivity contribution in [2.45, 2.75) is 0 Å². The summed E-state index contributed by atoms with van der Waals surface area (Å²) < 4.78 is 0. The van der Waals surface area contributed by atoms with Crippen LogP contribution in [0.4, 0.5) is 0 Å². The van der Waals surface area contributed by atoms with E-state index in [0.29, 0.717) is 46.1 Å². The van der Waals surface area contributed by atoms with Gasteiger partial charge in [0.15, 0.2) is 34.9 Å². The summed E-state index contributed by atoms with van der Waals surface area (Å²) >= 11 is 0. The second kappa shape index (κ2) is 16.4. The predicted molar refractivity (Wildman–Crippen MR) is 225 cm³/mol. The van der Waals surface area contributed by atoms with Crippen LogP contribution in [0.25, 0.3) is 84.8 Å². The lowest BCUT2D eigenvalue weighted by Gasteiger charge is -2.12. The third-order valence-electron chi connectivity index (χ3n) is 9.13. The molecule has 0 atom stereocenters. The van der Waals surface area contributed by atoms with Crippen LogP contribution in [-0.2, 0) is 0 Å². The van der Waals surface area contributed by atoms with Crippen LogP contribution in [0, 0.1) is 11.3 Å². The average Bonchev–Trinajstić information content (AvgIpc) is 3.29. The van der Waals surface area contributed by atoms with E-state index in [-0.39, 0.29) is 0 Å². The summed E-state index contributed by atoms with van der Waals surface area (Å²) in [6.45, 7) is 3.85. The van der Waals surface area contributed by atoms with Gasteiger partial charge in [-0.1, -0.05) is 122 Å². The van der Waals surface area contributed by atoms with Gasteiger partial charge < -0.3 is 5.73 Å². The maximum atomic E-state index is 10.3. The smallest absolute Gasteiger partial charge is 0.164 e. The van der Waals surface area contributed by atoms with E-state index < -0.39 is 0 Å². The van der Waals surface area contributed by atoms with E-state index >= 15 is 0 Å². The Bertz CT molecular complexity index is 2770. The number of hydrogen-bond donors (Lipinski definition) is 1. The Morgan fingerprint density at radius 3 is 1.56 bits per heavy atom. The van der Waals surface area contributed by atoms with Crippen molar-refractivity contribution in [1.82, 2.24) is 34.9 Å². The van der Waals surface area contributed by atoms with Crippen molar-refractivity contribution >= 4 is 5.57 Å². The highest BCUT2D eigenvalue weighted by Gasteiger charge is 2.16. The van der Waals surface area contributed by atoms with Gasteiger partial charge >= 0.3 is 0 Å². The van der Waals surface area contributed by atoms with E-state index in [9.17, 15) is 5.26 Å². The van der Waals surface area contributed by atoms with Crippen LogP contribution >= 0.6 is 0 Å². The fourth-order valence-electron chi connectivity index (χ4n) is 6.36. The highest BCUT2D eigenvalue weighted by molar-refractivity contribution is 5.82. The largest absolute Gasteiger partial charge is 0.405 e. The molecule has 0 fully saturated rings. The van der Waals surface area contributed by atoms with Crippen LogP contribution in [0.15, 0.2) is 183 Å². The van der Waals surface area contributed by atoms with Crippen molar-refractivity contribution in [3.63, 3.8) is 0 Å². The Morgan fingerprint density at radius 2 is 0.982 bits per heavy atom.